The van der Waals surface area contributed by atoms with Gasteiger partial charge in [0.2, 0.25) is 5.91 Å². The van der Waals surface area contributed by atoms with Crippen molar-refractivity contribution in [2.45, 2.75) is 33.2 Å². The van der Waals surface area contributed by atoms with Crippen LogP contribution in [-0.4, -0.2) is 45.6 Å². The van der Waals surface area contributed by atoms with E-state index in [4.69, 9.17) is 0 Å². The van der Waals surface area contributed by atoms with Crippen molar-refractivity contribution in [3.63, 3.8) is 0 Å². The van der Waals surface area contributed by atoms with E-state index < -0.39 is 0 Å². The zero-order valence-electron chi connectivity index (χ0n) is 13.4. The van der Waals surface area contributed by atoms with Crippen LogP contribution < -0.4 is 10.9 Å². The minimum atomic E-state index is -0.369. The van der Waals surface area contributed by atoms with Gasteiger partial charge in [0.15, 0.2) is 0 Å². The number of amides is 2. The molecule has 120 valence electrons. The molecule has 2 amide bonds. The lowest BCUT2D eigenvalue weighted by Crippen LogP contribution is -2.39. The number of carbonyl (C=O) groups excluding carboxylic acids is 2. The van der Waals surface area contributed by atoms with Gasteiger partial charge >= 0.3 is 0 Å². The van der Waals surface area contributed by atoms with E-state index in [1.54, 1.807) is 4.90 Å². The lowest BCUT2D eigenvalue weighted by Gasteiger charge is -2.26. The molecule has 0 spiro atoms. The molecule has 1 saturated heterocycles. The van der Waals surface area contributed by atoms with Gasteiger partial charge in [0.25, 0.3) is 11.5 Å². The van der Waals surface area contributed by atoms with Crippen molar-refractivity contribution in [2.24, 2.45) is 12.5 Å². The highest BCUT2D eigenvalue weighted by Gasteiger charge is 2.33. The summed E-state index contributed by atoms with van der Waals surface area (Å²) in [4.78, 5) is 37.2. The summed E-state index contributed by atoms with van der Waals surface area (Å²) in [5, 5.41) is 6.71. The van der Waals surface area contributed by atoms with Crippen LogP contribution in [0.15, 0.2) is 16.9 Å². The molecule has 1 aliphatic rings. The van der Waals surface area contributed by atoms with Crippen LogP contribution in [0.3, 0.4) is 0 Å². The van der Waals surface area contributed by atoms with E-state index in [2.05, 4.69) is 31.2 Å². The van der Waals surface area contributed by atoms with Crippen molar-refractivity contribution in [1.82, 2.24) is 20.0 Å². The lowest BCUT2D eigenvalue weighted by molar-refractivity contribution is -0.128. The summed E-state index contributed by atoms with van der Waals surface area (Å²) in [6.07, 6.45) is 0.299. The van der Waals surface area contributed by atoms with E-state index in [0.717, 1.165) is 4.68 Å². The molecule has 0 saturated carbocycles. The first-order chi connectivity index (χ1) is 10.2. The van der Waals surface area contributed by atoms with Gasteiger partial charge in [0.05, 0.1) is 6.04 Å². The van der Waals surface area contributed by atoms with Crippen molar-refractivity contribution in [3.8, 4) is 0 Å². The van der Waals surface area contributed by atoms with Crippen LogP contribution in [0, 0.1) is 5.41 Å². The van der Waals surface area contributed by atoms with Crippen molar-refractivity contribution in [2.75, 3.05) is 13.1 Å². The number of likely N-dealkylation sites (tertiary alicyclic amines) is 1. The number of aryl methyl sites for hydroxylation is 1. The number of carbonyl (C=O) groups is 2. The molecule has 0 aliphatic carbocycles. The van der Waals surface area contributed by atoms with Gasteiger partial charge in [-0.2, -0.15) is 5.10 Å². The fourth-order valence-corrected chi connectivity index (χ4v) is 2.48. The molecule has 1 aliphatic heterocycles. The molecule has 0 bridgehead atoms. The minimum absolute atomic E-state index is 0.0217. The van der Waals surface area contributed by atoms with Gasteiger partial charge in [0, 0.05) is 32.6 Å². The smallest absolute Gasteiger partial charge is 0.272 e. The Bertz CT molecular complexity index is 645. The summed E-state index contributed by atoms with van der Waals surface area (Å²) in [5.74, 6) is -0.320. The molecule has 2 heterocycles. The molecule has 1 N–H and O–H groups in total. The summed E-state index contributed by atoms with van der Waals surface area (Å²) in [6.45, 7) is 7.38. The van der Waals surface area contributed by atoms with Gasteiger partial charge < -0.3 is 10.2 Å². The summed E-state index contributed by atoms with van der Waals surface area (Å²) in [7, 11) is 1.49. The zero-order valence-corrected chi connectivity index (χ0v) is 13.4. The minimum Gasteiger partial charge on any atom is -0.346 e. The Morgan fingerprint density at radius 3 is 2.64 bits per heavy atom. The van der Waals surface area contributed by atoms with E-state index in [0.29, 0.717) is 19.5 Å². The van der Waals surface area contributed by atoms with Gasteiger partial charge in [0.1, 0.15) is 5.69 Å². The van der Waals surface area contributed by atoms with Crippen molar-refractivity contribution in [1.29, 1.82) is 0 Å². The van der Waals surface area contributed by atoms with E-state index in [1.165, 1.54) is 19.2 Å². The highest BCUT2D eigenvalue weighted by Crippen LogP contribution is 2.20. The van der Waals surface area contributed by atoms with E-state index >= 15 is 0 Å². The third-order valence-electron chi connectivity index (χ3n) is 3.41. The molecule has 0 aromatic carbocycles. The SMILES string of the molecule is Cn1nc(C(=O)NC2CC(=O)N(CC(C)(C)C)C2)ccc1=O. The molecule has 1 unspecified atom stereocenters. The zero-order chi connectivity index (χ0) is 16.5. The molecule has 7 heteroatoms. The summed E-state index contributed by atoms with van der Waals surface area (Å²) in [6, 6.07) is 2.47. The Morgan fingerprint density at radius 1 is 1.36 bits per heavy atom. The second-order valence-corrected chi connectivity index (χ2v) is 6.89. The van der Waals surface area contributed by atoms with Crippen LogP contribution in [-0.2, 0) is 11.8 Å². The van der Waals surface area contributed by atoms with E-state index in [-0.39, 0.29) is 34.5 Å². The maximum Gasteiger partial charge on any atom is 0.272 e. The van der Waals surface area contributed by atoms with E-state index in [1.807, 2.05) is 0 Å². The van der Waals surface area contributed by atoms with Crippen LogP contribution in [0.2, 0.25) is 0 Å². The molecule has 7 nitrogen and oxygen atoms in total. The maximum atomic E-state index is 12.1. The predicted octanol–water partition coefficient (Wildman–Crippen LogP) is 0.157. The van der Waals surface area contributed by atoms with E-state index in [9.17, 15) is 14.4 Å². The van der Waals surface area contributed by atoms with Crippen LogP contribution in [0.1, 0.15) is 37.7 Å². The van der Waals surface area contributed by atoms with Crippen molar-refractivity contribution >= 4 is 11.8 Å². The first-order valence-electron chi connectivity index (χ1n) is 7.29. The third-order valence-corrected chi connectivity index (χ3v) is 3.41. The van der Waals surface area contributed by atoms with Gasteiger partial charge in [-0.15, -0.1) is 0 Å². The standard InChI is InChI=1S/C15H22N4O3/c1-15(2,3)9-19-8-10(7-13(19)21)16-14(22)11-5-6-12(20)18(4)17-11/h5-6,10H,7-9H2,1-4H3,(H,16,22). The maximum absolute atomic E-state index is 12.1. The Morgan fingerprint density at radius 2 is 2.05 bits per heavy atom. The lowest BCUT2D eigenvalue weighted by atomic mass is 9.96. The van der Waals surface area contributed by atoms with Gasteiger partial charge in [-0.3, -0.25) is 14.4 Å². The van der Waals surface area contributed by atoms with Gasteiger partial charge in [-0.25, -0.2) is 4.68 Å². The van der Waals surface area contributed by atoms with Crippen LogP contribution >= 0.6 is 0 Å². The topological polar surface area (TPSA) is 84.3 Å². The monoisotopic (exact) mass is 306 g/mol. The Hall–Kier alpha value is -2.18. The van der Waals surface area contributed by atoms with Crippen LogP contribution in [0.25, 0.3) is 0 Å². The van der Waals surface area contributed by atoms with Crippen molar-refractivity contribution in [3.05, 3.63) is 28.2 Å². The van der Waals surface area contributed by atoms with Crippen molar-refractivity contribution < 1.29 is 9.59 Å². The second-order valence-electron chi connectivity index (χ2n) is 6.89. The number of hydrogen-bond acceptors (Lipinski definition) is 4. The van der Waals surface area contributed by atoms with Gasteiger partial charge in [-0.05, 0) is 11.5 Å². The Balaban J connectivity index is 1.99. The third kappa shape index (κ3) is 3.93. The molecule has 1 aromatic rings. The van der Waals surface area contributed by atoms with Crippen LogP contribution in [0.4, 0.5) is 0 Å². The molecule has 22 heavy (non-hydrogen) atoms. The highest BCUT2D eigenvalue weighted by atomic mass is 16.2. The first-order valence-corrected chi connectivity index (χ1v) is 7.29. The Labute approximate surface area is 129 Å². The second kappa shape index (κ2) is 5.90. The predicted molar refractivity (Wildman–Crippen MR) is 81.4 cm³/mol. The quantitative estimate of drug-likeness (QED) is 0.862. The number of aromatic nitrogens is 2. The summed E-state index contributed by atoms with van der Waals surface area (Å²) >= 11 is 0. The average molecular weight is 306 g/mol. The Kier molecular flexibility index (Phi) is 4.35. The summed E-state index contributed by atoms with van der Waals surface area (Å²) in [5.41, 5.74) is -0.0823. The number of nitrogens with one attached hydrogen (secondary N) is 1. The average Bonchev–Trinajstić information content (AvgIpc) is 2.70. The number of nitrogens with zero attached hydrogens (tertiary/aromatic N) is 3. The largest absolute Gasteiger partial charge is 0.346 e. The fraction of sp³-hybridized carbons (Fsp3) is 0.600. The molecule has 2 rings (SSSR count). The molecular weight excluding hydrogens is 284 g/mol. The summed E-state index contributed by atoms with van der Waals surface area (Å²) < 4.78 is 1.11. The normalized spacial score (nSPS) is 18.6. The van der Waals surface area contributed by atoms with Crippen LogP contribution in [0.5, 0.6) is 0 Å². The van der Waals surface area contributed by atoms with Gasteiger partial charge in [-0.1, -0.05) is 20.8 Å². The molecule has 0 radical (unpaired) electrons. The first kappa shape index (κ1) is 16.2. The molecule has 1 aromatic heterocycles. The highest BCUT2D eigenvalue weighted by molar-refractivity contribution is 5.93. The fourth-order valence-electron chi connectivity index (χ4n) is 2.48. The molecule has 1 atom stereocenters. The number of hydrogen-bond donors (Lipinski definition) is 1. The number of rotatable bonds is 3. The molecule has 1 fully saturated rings. The molecular formula is C15H22N4O3.